The molecule has 1 atom stereocenters. The molecule has 1 N–H and O–H groups in total. The van der Waals surface area contributed by atoms with Crippen molar-refractivity contribution in [2.75, 3.05) is 26.2 Å². The molecule has 0 aliphatic carbocycles. The van der Waals surface area contributed by atoms with E-state index in [2.05, 4.69) is 28.3 Å². The van der Waals surface area contributed by atoms with Crippen molar-refractivity contribution in [2.24, 2.45) is 7.05 Å². The van der Waals surface area contributed by atoms with E-state index in [4.69, 9.17) is 0 Å². The summed E-state index contributed by atoms with van der Waals surface area (Å²) in [6, 6.07) is 2.83. The lowest BCUT2D eigenvalue weighted by atomic mass is 10.0. The van der Waals surface area contributed by atoms with E-state index >= 15 is 0 Å². The predicted molar refractivity (Wildman–Crippen MR) is 79.3 cm³/mol. The van der Waals surface area contributed by atoms with Crippen LogP contribution in [-0.4, -0.2) is 46.9 Å². The zero-order valence-electron chi connectivity index (χ0n) is 12.4. The lowest BCUT2D eigenvalue weighted by molar-refractivity contribution is 0.225. The van der Waals surface area contributed by atoms with Crippen LogP contribution in [0.25, 0.3) is 0 Å². The maximum absolute atomic E-state index is 4.24. The highest BCUT2D eigenvalue weighted by Gasteiger charge is 2.16. The molecule has 0 bridgehead atoms. The van der Waals surface area contributed by atoms with Crippen molar-refractivity contribution in [2.45, 2.75) is 45.1 Å². The molecule has 4 nitrogen and oxygen atoms in total. The molecule has 2 rings (SSSR count). The Balaban J connectivity index is 1.79. The molecule has 0 amide bonds. The quantitative estimate of drug-likeness (QED) is 0.815. The second-order valence-electron chi connectivity index (χ2n) is 5.64. The molecule has 108 valence electrons. The van der Waals surface area contributed by atoms with Crippen molar-refractivity contribution in [3.8, 4) is 0 Å². The summed E-state index contributed by atoms with van der Waals surface area (Å²) in [6.07, 6.45) is 8.30. The van der Waals surface area contributed by atoms with Gasteiger partial charge in [-0.2, -0.15) is 5.10 Å². The van der Waals surface area contributed by atoms with E-state index in [0.29, 0.717) is 6.04 Å². The highest BCUT2D eigenvalue weighted by atomic mass is 15.3. The van der Waals surface area contributed by atoms with E-state index in [1.807, 2.05) is 17.9 Å². The molecule has 0 saturated carbocycles. The van der Waals surface area contributed by atoms with Crippen molar-refractivity contribution in [1.29, 1.82) is 0 Å². The lowest BCUT2D eigenvalue weighted by Crippen LogP contribution is -2.44. The summed E-state index contributed by atoms with van der Waals surface area (Å²) in [4.78, 5) is 2.61. The molecule has 1 fully saturated rings. The maximum Gasteiger partial charge on any atom is 0.0492 e. The third kappa shape index (κ3) is 4.62. The number of aryl methyl sites for hydroxylation is 1. The van der Waals surface area contributed by atoms with Crippen LogP contribution in [0, 0.1) is 0 Å². The summed E-state index contributed by atoms with van der Waals surface area (Å²) in [5, 5.41) is 7.90. The van der Waals surface area contributed by atoms with Gasteiger partial charge in [0.2, 0.25) is 0 Å². The Hall–Kier alpha value is -0.870. The Kier molecular flexibility index (Phi) is 5.86. The average molecular weight is 264 g/mol. The standard InChI is InChI=1S/C15H28N4/c1-3-11-19(13-14-6-4-5-9-16-14)12-8-15-7-10-17-18(15)2/h7,10,14,16H,3-6,8-9,11-13H2,1-2H3. The molecule has 0 spiro atoms. The van der Waals surface area contributed by atoms with Gasteiger partial charge in [-0.15, -0.1) is 0 Å². The molecule has 19 heavy (non-hydrogen) atoms. The highest BCUT2D eigenvalue weighted by Crippen LogP contribution is 2.09. The van der Waals surface area contributed by atoms with Crippen LogP contribution in [0.15, 0.2) is 12.3 Å². The lowest BCUT2D eigenvalue weighted by Gasteiger charge is -2.30. The number of aromatic nitrogens is 2. The van der Waals surface area contributed by atoms with Crippen molar-refractivity contribution in [1.82, 2.24) is 20.0 Å². The van der Waals surface area contributed by atoms with Crippen LogP contribution in [0.3, 0.4) is 0 Å². The van der Waals surface area contributed by atoms with Gasteiger partial charge < -0.3 is 10.2 Å². The van der Waals surface area contributed by atoms with Gasteiger partial charge in [0.25, 0.3) is 0 Å². The Morgan fingerprint density at radius 3 is 2.95 bits per heavy atom. The molecule has 1 aromatic rings. The molecule has 1 aliphatic heterocycles. The minimum Gasteiger partial charge on any atom is -0.313 e. The van der Waals surface area contributed by atoms with E-state index in [1.54, 1.807) is 0 Å². The van der Waals surface area contributed by atoms with Gasteiger partial charge in [0.1, 0.15) is 0 Å². The van der Waals surface area contributed by atoms with Crippen molar-refractivity contribution >= 4 is 0 Å². The predicted octanol–water partition coefficient (Wildman–Crippen LogP) is 1.82. The third-order valence-corrected chi connectivity index (χ3v) is 4.04. The van der Waals surface area contributed by atoms with E-state index in [-0.39, 0.29) is 0 Å². The van der Waals surface area contributed by atoms with Crippen LogP contribution in [0.1, 0.15) is 38.3 Å². The molecule has 0 radical (unpaired) electrons. The molecule has 1 aliphatic rings. The second kappa shape index (κ2) is 7.65. The maximum atomic E-state index is 4.24. The fourth-order valence-electron chi connectivity index (χ4n) is 2.92. The van der Waals surface area contributed by atoms with E-state index in [9.17, 15) is 0 Å². The SMILES string of the molecule is CCCN(CCc1ccnn1C)CC1CCCCN1. The molecule has 1 unspecified atom stereocenters. The van der Waals surface area contributed by atoms with Crippen LogP contribution >= 0.6 is 0 Å². The zero-order chi connectivity index (χ0) is 13.5. The Morgan fingerprint density at radius 2 is 2.32 bits per heavy atom. The number of nitrogens with one attached hydrogen (secondary N) is 1. The summed E-state index contributed by atoms with van der Waals surface area (Å²) in [5.74, 6) is 0. The third-order valence-electron chi connectivity index (χ3n) is 4.04. The van der Waals surface area contributed by atoms with E-state index in [1.165, 1.54) is 51.0 Å². The van der Waals surface area contributed by atoms with E-state index in [0.717, 1.165) is 13.0 Å². The number of hydrogen-bond donors (Lipinski definition) is 1. The number of rotatable bonds is 7. The molecule has 1 saturated heterocycles. The van der Waals surface area contributed by atoms with E-state index < -0.39 is 0 Å². The summed E-state index contributed by atoms with van der Waals surface area (Å²) in [7, 11) is 2.03. The topological polar surface area (TPSA) is 33.1 Å². The first-order chi connectivity index (χ1) is 9.29. The van der Waals surface area contributed by atoms with Crippen LogP contribution in [0.5, 0.6) is 0 Å². The van der Waals surface area contributed by atoms with Crippen LogP contribution in [0.4, 0.5) is 0 Å². The normalized spacial score (nSPS) is 20.1. The largest absolute Gasteiger partial charge is 0.313 e. The monoisotopic (exact) mass is 264 g/mol. The van der Waals surface area contributed by atoms with Gasteiger partial charge >= 0.3 is 0 Å². The van der Waals surface area contributed by atoms with Crippen LogP contribution in [0.2, 0.25) is 0 Å². The first kappa shape index (κ1) is 14.5. The molecule has 4 heteroatoms. The smallest absolute Gasteiger partial charge is 0.0492 e. The number of hydrogen-bond acceptors (Lipinski definition) is 3. The first-order valence-electron chi connectivity index (χ1n) is 7.72. The van der Waals surface area contributed by atoms with Gasteiger partial charge in [0, 0.05) is 44.5 Å². The van der Waals surface area contributed by atoms with Crippen molar-refractivity contribution in [3.05, 3.63) is 18.0 Å². The van der Waals surface area contributed by atoms with Gasteiger partial charge in [-0.05, 0) is 38.4 Å². The Morgan fingerprint density at radius 1 is 1.42 bits per heavy atom. The zero-order valence-corrected chi connectivity index (χ0v) is 12.4. The molecule has 2 heterocycles. The summed E-state index contributed by atoms with van der Waals surface area (Å²) < 4.78 is 1.99. The molecular weight excluding hydrogens is 236 g/mol. The minimum absolute atomic E-state index is 0.701. The Bertz CT molecular complexity index is 355. The highest BCUT2D eigenvalue weighted by molar-refractivity contribution is 5.00. The second-order valence-corrected chi connectivity index (χ2v) is 5.64. The minimum atomic E-state index is 0.701. The van der Waals surface area contributed by atoms with Crippen molar-refractivity contribution < 1.29 is 0 Å². The van der Waals surface area contributed by atoms with Crippen molar-refractivity contribution in [3.63, 3.8) is 0 Å². The fraction of sp³-hybridized carbons (Fsp3) is 0.800. The van der Waals surface area contributed by atoms with Gasteiger partial charge in [0.05, 0.1) is 0 Å². The molecular formula is C15H28N4. The van der Waals surface area contributed by atoms with Gasteiger partial charge in [-0.1, -0.05) is 13.3 Å². The fourth-order valence-corrected chi connectivity index (χ4v) is 2.92. The molecule has 1 aromatic heterocycles. The van der Waals surface area contributed by atoms with Crippen LogP contribution in [-0.2, 0) is 13.5 Å². The summed E-state index contributed by atoms with van der Waals surface area (Å²) in [6.45, 7) is 7.02. The van der Waals surface area contributed by atoms with Gasteiger partial charge in [-0.3, -0.25) is 4.68 Å². The summed E-state index contributed by atoms with van der Waals surface area (Å²) in [5.41, 5.74) is 1.33. The number of piperidine rings is 1. The van der Waals surface area contributed by atoms with Gasteiger partial charge in [-0.25, -0.2) is 0 Å². The van der Waals surface area contributed by atoms with Crippen LogP contribution < -0.4 is 5.32 Å². The number of nitrogens with zero attached hydrogens (tertiary/aromatic N) is 3. The molecule has 0 aromatic carbocycles. The first-order valence-corrected chi connectivity index (χ1v) is 7.72. The van der Waals surface area contributed by atoms with Gasteiger partial charge in [0.15, 0.2) is 0 Å². The average Bonchev–Trinajstić information content (AvgIpc) is 2.83. The Labute approximate surface area is 117 Å². The summed E-state index contributed by atoms with van der Waals surface area (Å²) >= 11 is 0.